The zero-order valence-corrected chi connectivity index (χ0v) is 7.99. The smallest absolute Gasteiger partial charge is 0.339 e. The van der Waals surface area contributed by atoms with Crippen LogP contribution in [0.15, 0.2) is 24.3 Å². The van der Waals surface area contributed by atoms with E-state index in [2.05, 4.69) is 0 Å². The van der Waals surface area contributed by atoms with E-state index in [0.717, 1.165) is 5.56 Å². The number of hydrogen-bond acceptors (Lipinski definition) is 3. The molecule has 0 saturated carbocycles. The first kappa shape index (κ1) is 9.21. The molecule has 1 N–H and O–H groups in total. The predicted molar refractivity (Wildman–Crippen MR) is 51.1 cm³/mol. The van der Waals surface area contributed by atoms with Crippen molar-refractivity contribution in [3.8, 4) is 0 Å². The zero-order chi connectivity index (χ0) is 10.2. The summed E-state index contributed by atoms with van der Waals surface area (Å²) in [5, 5.41) is 9.12. The van der Waals surface area contributed by atoms with Gasteiger partial charge in [-0.2, -0.15) is 0 Å². The van der Waals surface area contributed by atoms with Gasteiger partial charge in [-0.15, -0.1) is 0 Å². The molecule has 1 aliphatic heterocycles. The largest absolute Gasteiger partial charge is 0.453 e. The molecule has 1 aliphatic rings. The van der Waals surface area contributed by atoms with Gasteiger partial charge in [-0.25, -0.2) is 4.79 Å². The summed E-state index contributed by atoms with van der Waals surface area (Å²) in [6, 6.07) is 7.33. The first-order chi connectivity index (χ1) is 6.64. The second-order valence-electron chi connectivity index (χ2n) is 3.83. The summed E-state index contributed by atoms with van der Waals surface area (Å²) in [6.45, 7) is 1.59. The number of cyclic esters (lactones) is 1. The fourth-order valence-corrected chi connectivity index (χ4v) is 1.68. The second kappa shape index (κ2) is 3.10. The molecule has 0 aliphatic carbocycles. The van der Waals surface area contributed by atoms with Crippen molar-refractivity contribution in [1.82, 2.24) is 0 Å². The Balaban J connectivity index is 2.43. The minimum absolute atomic E-state index is 0.146. The zero-order valence-electron chi connectivity index (χ0n) is 7.99. The highest BCUT2D eigenvalue weighted by molar-refractivity contribution is 5.92. The first-order valence-electron chi connectivity index (χ1n) is 4.57. The van der Waals surface area contributed by atoms with E-state index < -0.39 is 5.60 Å². The third-order valence-corrected chi connectivity index (χ3v) is 2.48. The van der Waals surface area contributed by atoms with Crippen LogP contribution in [0.3, 0.4) is 0 Å². The molecule has 0 bridgehead atoms. The highest BCUT2D eigenvalue weighted by atomic mass is 16.6. The van der Waals surface area contributed by atoms with E-state index in [0.29, 0.717) is 12.0 Å². The number of carbonyl (C=O) groups is 1. The van der Waals surface area contributed by atoms with Gasteiger partial charge in [0.2, 0.25) is 0 Å². The van der Waals surface area contributed by atoms with Crippen molar-refractivity contribution in [2.24, 2.45) is 0 Å². The normalized spacial score (nSPS) is 25.4. The molecule has 1 aromatic rings. The monoisotopic (exact) mass is 192 g/mol. The van der Waals surface area contributed by atoms with Gasteiger partial charge in [0.05, 0.1) is 12.2 Å². The van der Waals surface area contributed by atoms with Crippen molar-refractivity contribution in [1.29, 1.82) is 0 Å². The topological polar surface area (TPSA) is 46.5 Å². The van der Waals surface area contributed by atoms with E-state index in [9.17, 15) is 4.79 Å². The maximum absolute atomic E-state index is 11.5. The molecule has 0 radical (unpaired) electrons. The van der Waals surface area contributed by atoms with Gasteiger partial charge in [-0.05, 0) is 18.6 Å². The maximum atomic E-state index is 11.5. The lowest BCUT2D eigenvalue weighted by atomic mass is 9.91. The van der Waals surface area contributed by atoms with Crippen LogP contribution in [0.1, 0.15) is 22.8 Å². The average Bonchev–Trinajstić information content (AvgIpc) is 2.18. The number of fused-ring (bicyclic) bond motifs is 1. The Morgan fingerprint density at radius 3 is 2.93 bits per heavy atom. The Bertz CT molecular complexity index is 373. The van der Waals surface area contributed by atoms with Crippen LogP contribution in [-0.2, 0) is 11.2 Å². The van der Waals surface area contributed by atoms with Gasteiger partial charge < -0.3 is 9.84 Å². The molecular formula is C11H12O3. The predicted octanol–water partition coefficient (Wildman–Crippen LogP) is 1.15. The highest BCUT2D eigenvalue weighted by Gasteiger charge is 2.35. The summed E-state index contributed by atoms with van der Waals surface area (Å²) in [5.41, 5.74) is 0.796. The number of hydrogen-bond donors (Lipinski definition) is 1. The molecule has 3 heteroatoms. The number of esters is 1. The standard InChI is InChI=1S/C11H12O3/c1-11(7-12)6-8-4-2-3-5-9(8)10(13)14-11/h2-5,12H,6-7H2,1H3. The number of aliphatic hydroxyl groups excluding tert-OH is 1. The molecule has 3 nitrogen and oxygen atoms in total. The highest BCUT2D eigenvalue weighted by Crippen LogP contribution is 2.27. The molecular weight excluding hydrogens is 180 g/mol. The van der Waals surface area contributed by atoms with Crippen molar-refractivity contribution >= 4 is 5.97 Å². The third kappa shape index (κ3) is 1.40. The summed E-state index contributed by atoms with van der Waals surface area (Å²) >= 11 is 0. The van der Waals surface area contributed by atoms with Crippen LogP contribution in [0.4, 0.5) is 0 Å². The van der Waals surface area contributed by atoms with E-state index in [-0.39, 0.29) is 12.6 Å². The van der Waals surface area contributed by atoms with Gasteiger partial charge in [0.25, 0.3) is 0 Å². The Morgan fingerprint density at radius 2 is 2.21 bits per heavy atom. The average molecular weight is 192 g/mol. The van der Waals surface area contributed by atoms with Crippen LogP contribution in [0.5, 0.6) is 0 Å². The fourth-order valence-electron chi connectivity index (χ4n) is 1.68. The summed E-state index contributed by atoms with van der Waals surface area (Å²) in [4.78, 5) is 11.5. The van der Waals surface area contributed by atoms with Crippen LogP contribution in [0.2, 0.25) is 0 Å². The molecule has 1 aromatic carbocycles. The first-order valence-corrected chi connectivity index (χ1v) is 4.57. The molecule has 14 heavy (non-hydrogen) atoms. The van der Waals surface area contributed by atoms with Crippen LogP contribution in [0.25, 0.3) is 0 Å². The summed E-state index contributed by atoms with van der Waals surface area (Å²) in [7, 11) is 0. The maximum Gasteiger partial charge on any atom is 0.339 e. The summed E-state index contributed by atoms with van der Waals surface area (Å²) in [5.74, 6) is -0.344. The van der Waals surface area contributed by atoms with Crippen molar-refractivity contribution in [3.05, 3.63) is 35.4 Å². The Hall–Kier alpha value is -1.35. The van der Waals surface area contributed by atoms with Crippen molar-refractivity contribution < 1.29 is 14.6 Å². The number of ether oxygens (including phenoxy) is 1. The van der Waals surface area contributed by atoms with E-state index in [4.69, 9.17) is 9.84 Å². The lowest BCUT2D eigenvalue weighted by Gasteiger charge is -2.32. The minimum Gasteiger partial charge on any atom is -0.453 e. The third-order valence-electron chi connectivity index (χ3n) is 2.48. The number of aliphatic hydroxyl groups is 1. The molecule has 1 unspecified atom stereocenters. The van der Waals surface area contributed by atoms with Crippen LogP contribution >= 0.6 is 0 Å². The SMILES string of the molecule is CC1(CO)Cc2ccccc2C(=O)O1. The van der Waals surface area contributed by atoms with Crippen molar-refractivity contribution in [2.75, 3.05) is 6.61 Å². The molecule has 0 saturated heterocycles. The van der Waals surface area contributed by atoms with Gasteiger partial charge in [0.15, 0.2) is 0 Å². The Labute approximate surface area is 82.3 Å². The van der Waals surface area contributed by atoms with E-state index in [1.807, 2.05) is 18.2 Å². The number of rotatable bonds is 1. The van der Waals surface area contributed by atoms with Crippen LogP contribution in [0, 0.1) is 0 Å². The number of carbonyl (C=O) groups excluding carboxylic acids is 1. The molecule has 74 valence electrons. The van der Waals surface area contributed by atoms with Crippen molar-refractivity contribution in [2.45, 2.75) is 18.9 Å². The quantitative estimate of drug-likeness (QED) is 0.679. The van der Waals surface area contributed by atoms with Gasteiger partial charge >= 0.3 is 5.97 Å². The Morgan fingerprint density at radius 1 is 1.50 bits per heavy atom. The molecule has 1 atom stereocenters. The van der Waals surface area contributed by atoms with Gasteiger partial charge in [-0.3, -0.25) is 0 Å². The van der Waals surface area contributed by atoms with Crippen molar-refractivity contribution in [3.63, 3.8) is 0 Å². The summed E-state index contributed by atoms with van der Waals surface area (Å²) < 4.78 is 5.16. The lowest BCUT2D eigenvalue weighted by Crippen LogP contribution is -2.42. The van der Waals surface area contributed by atoms with Gasteiger partial charge in [0.1, 0.15) is 5.60 Å². The lowest BCUT2D eigenvalue weighted by molar-refractivity contribution is -0.0421. The van der Waals surface area contributed by atoms with E-state index in [1.165, 1.54) is 0 Å². The Kier molecular flexibility index (Phi) is 2.04. The van der Waals surface area contributed by atoms with Crippen LogP contribution < -0.4 is 0 Å². The molecule has 1 heterocycles. The van der Waals surface area contributed by atoms with Gasteiger partial charge in [-0.1, -0.05) is 18.2 Å². The second-order valence-corrected chi connectivity index (χ2v) is 3.83. The molecule has 0 fully saturated rings. The summed E-state index contributed by atoms with van der Waals surface area (Å²) in [6.07, 6.45) is 0.575. The van der Waals surface area contributed by atoms with E-state index >= 15 is 0 Å². The van der Waals surface area contributed by atoms with E-state index in [1.54, 1.807) is 13.0 Å². The molecule has 0 amide bonds. The van der Waals surface area contributed by atoms with Crippen LogP contribution in [-0.4, -0.2) is 23.3 Å². The number of benzene rings is 1. The fraction of sp³-hybridized carbons (Fsp3) is 0.364. The molecule has 2 rings (SSSR count). The molecule has 0 spiro atoms. The minimum atomic E-state index is -0.758. The molecule has 0 aromatic heterocycles. The van der Waals surface area contributed by atoms with Gasteiger partial charge in [0, 0.05) is 6.42 Å².